The lowest BCUT2D eigenvalue weighted by atomic mass is 9.82. The molecule has 4 rings (SSSR count). The molecule has 4 heterocycles. The van der Waals surface area contributed by atoms with E-state index in [1.165, 1.54) is 6.20 Å². The summed E-state index contributed by atoms with van der Waals surface area (Å²) in [5.74, 6) is 0. The third-order valence-electron chi connectivity index (χ3n) is 2.85. The first-order chi connectivity index (χ1) is 13.5. The highest BCUT2D eigenvalue weighted by molar-refractivity contribution is 9.11. The molecule has 0 atom stereocenters. The van der Waals surface area contributed by atoms with Gasteiger partial charge in [0.2, 0.25) is 0 Å². The van der Waals surface area contributed by atoms with Gasteiger partial charge in [-0.15, -0.1) is 22.7 Å². The summed E-state index contributed by atoms with van der Waals surface area (Å²) in [5.41, 5.74) is 5.08. The van der Waals surface area contributed by atoms with Crippen molar-refractivity contribution >= 4 is 83.0 Å². The highest BCUT2D eigenvalue weighted by Gasteiger charge is 2.10. The van der Waals surface area contributed by atoms with E-state index in [0.29, 0.717) is 5.46 Å². The minimum absolute atomic E-state index is 0.384. The molecule has 6 nitrogen and oxygen atoms in total. The first-order valence-electron chi connectivity index (χ1n) is 7.45. The highest BCUT2D eigenvalue weighted by Crippen LogP contribution is 2.24. The SMILES string of the molecule is Brc1cncc(-c2cncs2)c1.Brc1cncs1.OB(O)c1cncc(Br)c1. The monoisotopic (exact) mass is 604 g/mol. The van der Waals surface area contributed by atoms with Crippen molar-refractivity contribution in [1.82, 2.24) is 19.9 Å². The number of aromatic nitrogens is 4. The van der Waals surface area contributed by atoms with E-state index < -0.39 is 7.12 Å². The number of rotatable bonds is 2. The summed E-state index contributed by atoms with van der Waals surface area (Å²) >= 11 is 12.9. The second-order valence-corrected chi connectivity index (χ2v) is 9.86. The zero-order valence-electron chi connectivity index (χ0n) is 14.0. The normalized spacial score (nSPS) is 9.61. The maximum Gasteiger partial charge on any atom is 0.490 e. The number of thiazole rings is 2. The molecule has 4 aromatic rings. The quantitative estimate of drug-likeness (QED) is 0.329. The maximum atomic E-state index is 8.64. The van der Waals surface area contributed by atoms with Gasteiger partial charge in [-0.3, -0.25) is 19.9 Å². The lowest BCUT2D eigenvalue weighted by Crippen LogP contribution is -2.29. The molecule has 0 saturated heterocycles. The van der Waals surface area contributed by atoms with E-state index in [0.717, 1.165) is 23.2 Å². The van der Waals surface area contributed by atoms with E-state index in [9.17, 15) is 0 Å². The number of hydrogen-bond donors (Lipinski definition) is 2. The second kappa shape index (κ2) is 12.5. The number of nitrogens with zero attached hydrogens (tertiary/aromatic N) is 4. The van der Waals surface area contributed by atoms with Gasteiger partial charge in [-0.25, -0.2) is 0 Å². The zero-order chi connectivity index (χ0) is 20.4. The molecule has 12 heteroatoms. The average molecular weight is 607 g/mol. The van der Waals surface area contributed by atoms with Crippen molar-refractivity contribution in [3.63, 3.8) is 0 Å². The van der Waals surface area contributed by atoms with Crippen LogP contribution in [-0.4, -0.2) is 37.1 Å². The summed E-state index contributed by atoms with van der Waals surface area (Å²) < 4.78 is 2.81. The second-order valence-electron chi connectivity index (χ2n) is 4.87. The molecule has 4 aromatic heterocycles. The van der Waals surface area contributed by atoms with Gasteiger partial charge < -0.3 is 10.0 Å². The van der Waals surface area contributed by atoms with Crippen LogP contribution in [0.1, 0.15) is 0 Å². The highest BCUT2D eigenvalue weighted by atomic mass is 79.9. The summed E-state index contributed by atoms with van der Waals surface area (Å²) in [4.78, 5) is 16.8. The molecular formula is C16H12BBr3N4O2S2. The molecule has 0 aliphatic carbocycles. The maximum absolute atomic E-state index is 8.64. The van der Waals surface area contributed by atoms with Gasteiger partial charge in [0, 0.05) is 51.0 Å². The minimum Gasteiger partial charge on any atom is -0.423 e. The Morgan fingerprint density at radius 1 is 0.714 bits per heavy atom. The molecule has 2 N–H and O–H groups in total. The number of pyridine rings is 2. The van der Waals surface area contributed by atoms with Crippen LogP contribution in [0.4, 0.5) is 0 Å². The van der Waals surface area contributed by atoms with Crippen molar-refractivity contribution < 1.29 is 10.0 Å². The van der Waals surface area contributed by atoms with E-state index in [1.807, 2.05) is 24.0 Å². The van der Waals surface area contributed by atoms with Crippen LogP contribution in [0.15, 0.2) is 73.1 Å². The van der Waals surface area contributed by atoms with Crippen LogP contribution in [0, 0.1) is 0 Å². The lowest BCUT2D eigenvalue weighted by Gasteiger charge is -1.96. The average Bonchev–Trinajstić information content (AvgIpc) is 3.37. The minimum atomic E-state index is -1.44. The van der Waals surface area contributed by atoms with Gasteiger partial charge in [-0.2, -0.15) is 0 Å². The molecule has 0 saturated carbocycles. The standard InChI is InChI=1S/C8H5BrN2S.C5H5BBrNO2.C3H2BrNS/c9-7-1-6(2-10-3-7)8-4-11-5-12-8;7-5-1-4(6(9)10)2-8-3-5;4-3-1-5-2-6-3/h1-5H;1-3,9-10H;1-2H. The van der Waals surface area contributed by atoms with Crippen LogP contribution in [0.25, 0.3) is 10.4 Å². The largest absolute Gasteiger partial charge is 0.490 e. The summed E-state index contributed by atoms with van der Waals surface area (Å²) in [6, 6.07) is 3.62. The summed E-state index contributed by atoms with van der Waals surface area (Å²) in [7, 11) is -1.44. The van der Waals surface area contributed by atoms with Crippen LogP contribution < -0.4 is 5.46 Å². The van der Waals surface area contributed by atoms with Crippen molar-refractivity contribution in [2.24, 2.45) is 0 Å². The van der Waals surface area contributed by atoms with Crippen molar-refractivity contribution in [2.75, 3.05) is 0 Å². The summed E-state index contributed by atoms with van der Waals surface area (Å²) in [5, 5.41) is 17.3. The summed E-state index contributed by atoms with van der Waals surface area (Å²) in [6.07, 6.45) is 10.2. The Kier molecular flexibility index (Phi) is 10.4. The third kappa shape index (κ3) is 8.56. The van der Waals surface area contributed by atoms with Gasteiger partial charge in [-0.05, 0) is 59.9 Å². The predicted molar refractivity (Wildman–Crippen MR) is 125 cm³/mol. The molecule has 28 heavy (non-hydrogen) atoms. The van der Waals surface area contributed by atoms with Gasteiger partial charge in [0.05, 0.1) is 25.9 Å². The van der Waals surface area contributed by atoms with E-state index in [2.05, 4.69) is 67.7 Å². The molecule has 0 radical (unpaired) electrons. The fourth-order valence-electron chi connectivity index (χ4n) is 1.67. The Hall–Kier alpha value is -1.02. The first-order valence-corrected chi connectivity index (χ1v) is 11.6. The Morgan fingerprint density at radius 2 is 1.36 bits per heavy atom. The Morgan fingerprint density at radius 3 is 1.79 bits per heavy atom. The molecule has 0 amide bonds. The van der Waals surface area contributed by atoms with Gasteiger partial charge in [-0.1, -0.05) is 0 Å². The van der Waals surface area contributed by atoms with Crippen LogP contribution in [0.5, 0.6) is 0 Å². The van der Waals surface area contributed by atoms with Crippen LogP contribution in [-0.2, 0) is 0 Å². The van der Waals surface area contributed by atoms with Gasteiger partial charge in [0.25, 0.3) is 0 Å². The Bertz CT molecular complexity index is 960. The fraction of sp³-hybridized carbons (Fsp3) is 0. The van der Waals surface area contributed by atoms with Crippen LogP contribution >= 0.6 is 70.5 Å². The third-order valence-corrected chi connectivity index (χ3v) is 5.86. The topological polar surface area (TPSA) is 92.0 Å². The zero-order valence-corrected chi connectivity index (χ0v) is 20.4. The predicted octanol–water partition coefficient (Wildman–Crippen LogP) is 4.40. The van der Waals surface area contributed by atoms with Gasteiger partial charge in [0.1, 0.15) is 0 Å². The summed E-state index contributed by atoms with van der Waals surface area (Å²) in [6.45, 7) is 0. The van der Waals surface area contributed by atoms with Crippen LogP contribution in [0.2, 0.25) is 0 Å². The Balaban J connectivity index is 0.000000159. The smallest absolute Gasteiger partial charge is 0.423 e. The number of hydrogen-bond acceptors (Lipinski definition) is 8. The molecule has 0 aromatic carbocycles. The molecule has 0 aliphatic heterocycles. The molecule has 0 spiro atoms. The molecule has 0 unspecified atom stereocenters. The molecule has 0 aliphatic rings. The van der Waals surface area contributed by atoms with Gasteiger partial charge in [0.15, 0.2) is 0 Å². The molecular weight excluding hydrogens is 595 g/mol. The molecule has 0 fully saturated rings. The van der Waals surface area contributed by atoms with Crippen molar-refractivity contribution in [2.45, 2.75) is 0 Å². The Labute approximate surface area is 195 Å². The van der Waals surface area contributed by atoms with E-state index >= 15 is 0 Å². The first kappa shape index (κ1) is 23.3. The van der Waals surface area contributed by atoms with Crippen molar-refractivity contribution in [3.05, 3.63) is 73.1 Å². The van der Waals surface area contributed by atoms with E-state index in [1.54, 1.807) is 52.8 Å². The van der Waals surface area contributed by atoms with Crippen molar-refractivity contribution in [1.29, 1.82) is 0 Å². The molecule has 0 bridgehead atoms. The number of halogens is 3. The molecule has 144 valence electrons. The van der Waals surface area contributed by atoms with E-state index in [-0.39, 0.29) is 0 Å². The fourth-order valence-corrected chi connectivity index (χ4v) is 3.74. The lowest BCUT2D eigenvalue weighted by molar-refractivity contribution is 0.425. The van der Waals surface area contributed by atoms with E-state index in [4.69, 9.17) is 10.0 Å². The van der Waals surface area contributed by atoms with Crippen LogP contribution in [0.3, 0.4) is 0 Å². The van der Waals surface area contributed by atoms with Crippen molar-refractivity contribution in [3.8, 4) is 10.4 Å². The van der Waals surface area contributed by atoms with Gasteiger partial charge >= 0.3 is 7.12 Å².